The van der Waals surface area contributed by atoms with E-state index in [9.17, 15) is 9.59 Å². The number of furan rings is 1. The van der Waals surface area contributed by atoms with Crippen LogP contribution in [0.15, 0.2) is 4.42 Å². The molecule has 0 radical (unpaired) electrons. The Morgan fingerprint density at radius 3 is 2.76 bits per heavy atom. The second-order valence-corrected chi connectivity index (χ2v) is 7.91. The molecule has 2 saturated heterocycles. The molecule has 2 fully saturated rings. The Hall–Kier alpha value is -1.78. The number of aryl methyl sites for hydroxylation is 2. The van der Waals surface area contributed by atoms with E-state index in [1.807, 2.05) is 23.8 Å². The molecule has 0 unspecified atom stereocenters. The van der Waals surface area contributed by atoms with E-state index < -0.39 is 0 Å². The van der Waals surface area contributed by atoms with Crippen LogP contribution >= 0.6 is 0 Å². The van der Waals surface area contributed by atoms with Gasteiger partial charge in [-0.25, -0.2) is 0 Å². The lowest BCUT2D eigenvalue weighted by Crippen LogP contribution is -2.51. The smallest absolute Gasteiger partial charge is 0.257 e. The van der Waals surface area contributed by atoms with E-state index in [0.717, 1.165) is 80.7 Å². The minimum Gasteiger partial charge on any atom is -0.465 e. The number of likely N-dealkylation sites (tertiary alicyclic amines) is 2. The van der Waals surface area contributed by atoms with Gasteiger partial charge in [0.15, 0.2) is 0 Å². The van der Waals surface area contributed by atoms with Gasteiger partial charge in [-0.05, 0) is 51.4 Å². The Morgan fingerprint density at radius 2 is 1.92 bits per heavy atom. The average Bonchev–Trinajstić information content (AvgIpc) is 2.88. The van der Waals surface area contributed by atoms with Crippen molar-refractivity contribution < 1.29 is 14.0 Å². The summed E-state index contributed by atoms with van der Waals surface area (Å²) in [6.07, 6.45) is 7.72. The number of fused-ring (bicyclic) bond motifs is 2. The predicted octanol–water partition coefficient (Wildman–Crippen LogP) is 2.94. The van der Waals surface area contributed by atoms with Crippen LogP contribution in [0.3, 0.4) is 0 Å². The third-order valence-corrected chi connectivity index (χ3v) is 6.40. The van der Waals surface area contributed by atoms with Gasteiger partial charge in [0, 0.05) is 44.6 Å². The van der Waals surface area contributed by atoms with Crippen molar-refractivity contribution in [3.05, 3.63) is 22.6 Å². The highest BCUT2D eigenvalue weighted by Gasteiger charge is 2.38. The van der Waals surface area contributed by atoms with Crippen LogP contribution in [0.25, 0.3) is 0 Å². The summed E-state index contributed by atoms with van der Waals surface area (Å²) in [6, 6.07) is 0.290. The molecule has 1 aromatic rings. The molecule has 25 heavy (non-hydrogen) atoms. The molecule has 0 aromatic carbocycles. The number of hydrogen-bond donors (Lipinski definition) is 0. The quantitative estimate of drug-likeness (QED) is 0.787. The maximum Gasteiger partial charge on any atom is 0.257 e. The Balaban J connectivity index is 1.55. The molecule has 0 bridgehead atoms. The number of rotatable bonds is 1. The maximum absolute atomic E-state index is 13.2. The molecule has 0 N–H and O–H groups in total. The molecule has 136 valence electrons. The predicted molar refractivity (Wildman–Crippen MR) is 94.5 cm³/mol. The Labute approximate surface area is 149 Å². The number of nitrogens with zero attached hydrogens (tertiary/aromatic N) is 2. The molecular formula is C20H28N2O3. The minimum atomic E-state index is 0.140. The van der Waals surface area contributed by atoms with E-state index in [0.29, 0.717) is 18.4 Å². The highest BCUT2D eigenvalue weighted by Crippen LogP contribution is 2.33. The van der Waals surface area contributed by atoms with Gasteiger partial charge in [-0.15, -0.1) is 0 Å². The van der Waals surface area contributed by atoms with Crippen molar-refractivity contribution in [2.45, 2.75) is 64.3 Å². The molecule has 4 rings (SSSR count). The van der Waals surface area contributed by atoms with E-state index in [1.165, 1.54) is 0 Å². The SMILES string of the molecule is Cc1oc2c(c1C(=O)N1CC[C@@H]3[C@@H](CCCC(=O)N3C)C1)CCCC2. The highest BCUT2D eigenvalue weighted by molar-refractivity contribution is 5.97. The third-order valence-electron chi connectivity index (χ3n) is 6.40. The van der Waals surface area contributed by atoms with Crippen molar-refractivity contribution in [3.63, 3.8) is 0 Å². The zero-order valence-corrected chi connectivity index (χ0v) is 15.3. The maximum atomic E-state index is 13.2. The lowest BCUT2D eigenvalue weighted by Gasteiger charge is -2.41. The van der Waals surface area contributed by atoms with E-state index in [2.05, 4.69) is 0 Å². The van der Waals surface area contributed by atoms with Crippen LogP contribution in [-0.2, 0) is 17.6 Å². The van der Waals surface area contributed by atoms with Gasteiger partial charge in [0.05, 0.1) is 5.56 Å². The molecule has 5 nitrogen and oxygen atoms in total. The van der Waals surface area contributed by atoms with E-state index in [-0.39, 0.29) is 11.8 Å². The van der Waals surface area contributed by atoms with Gasteiger partial charge < -0.3 is 14.2 Å². The lowest BCUT2D eigenvalue weighted by molar-refractivity contribution is -0.132. The van der Waals surface area contributed by atoms with Crippen LogP contribution < -0.4 is 0 Å². The Bertz CT molecular complexity index is 693. The first-order valence-corrected chi connectivity index (χ1v) is 9.72. The summed E-state index contributed by atoms with van der Waals surface area (Å²) in [7, 11) is 1.93. The number of amides is 2. The van der Waals surface area contributed by atoms with E-state index >= 15 is 0 Å². The van der Waals surface area contributed by atoms with Crippen LogP contribution in [-0.4, -0.2) is 47.8 Å². The number of carbonyl (C=O) groups is 2. The number of hydrogen-bond acceptors (Lipinski definition) is 3. The Morgan fingerprint density at radius 1 is 1.12 bits per heavy atom. The number of carbonyl (C=O) groups excluding carboxylic acids is 2. The Kier molecular flexibility index (Phi) is 4.34. The zero-order valence-electron chi connectivity index (χ0n) is 15.3. The van der Waals surface area contributed by atoms with Crippen molar-refractivity contribution in [1.82, 2.24) is 9.80 Å². The normalized spacial score (nSPS) is 26.9. The van der Waals surface area contributed by atoms with Crippen molar-refractivity contribution in [3.8, 4) is 0 Å². The summed E-state index contributed by atoms with van der Waals surface area (Å²) < 4.78 is 5.91. The molecule has 1 aliphatic carbocycles. The van der Waals surface area contributed by atoms with Gasteiger partial charge in [-0.3, -0.25) is 9.59 Å². The summed E-state index contributed by atoms with van der Waals surface area (Å²) in [6.45, 7) is 3.42. The van der Waals surface area contributed by atoms with Gasteiger partial charge in [0.1, 0.15) is 11.5 Å². The van der Waals surface area contributed by atoms with Gasteiger partial charge in [-0.1, -0.05) is 0 Å². The first-order chi connectivity index (χ1) is 12.1. The van der Waals surface area contributed by atoms with E-state index in [1.54, 1.807) is 0 Å². The van der Waals surface area contributed by atoms with Crippen molar-refractivity contribution >= 4 is 11.8 Å². The molecule has 0 spiro atoms. The fourth-order valence-corrected chi connectivity index (χ4v) is 5.02. The third kappa shape index (κ3) is 2.87. The first kappa shape index (κ1) is 16.7. The fraction of sp³-hybridized carbons (Fsp3) is 0.700. The molecule has 2 atom stereocenters. The monoisotopic (exact) mass is 344 g/mol. The van der Waals surface area contributed by atoms with Gasteiger partial charge in [-0.2, -0.15) is 0 Å². The van der Waals surface area contributed by atoms with Gasteiger partial charge in [0.25, 0.3) is 5.91 Å². The summed E-state index contributed by atoms with van der Waals surface area (Å²) >= 11 is 0. The van der Waals surface area contributed by atoms with Gasteiger partial charge in [0.2, 0.25) is 5.91 Å². The first-order valence-electron chi connectivity index (χ1n) is 9.72. The highest BCUT2D eigenvalue weighted by atomic mass is 16.3. The fourth-order valence-electron chi connectivity index (χ4n) is 5.02. The largest absolute Gasteiger partial charge is 0.465 e. The molecule has 3 aliphatic rings. The van der Waals surface area contributed by atoms with Gasteiger partial charge >= 0.3 is 0 Å². The van der Waals surface area contributed by atoms with Crippen molar-refractivity contribution in [1.29, 1.82) is 0 Å². The zero-order chi connectivity index (χ0) is 17.6. The second kappa shape index (κ2) is 6.50. The van der Waals surface area contributed by atoms with Crippen LogP contribution in [0.2, 0.25) is 0 Å². The topological polar surface area (TPSA) is 53.8 Å². The van der Waals surface area contributed by atoms with E-state index in [4.69, 9.17) is 4.42 Å². The molecular weight excluding hydrogens is 316 g/mol. The second-order valence-electron chi connectivity index (χ2n) is 7.91. The summed E-state index contributed by atoms with van der Waals surface area (Å²) in [5, 5.41) is 0. The summed E-state index contributed by atoms with van der Waals surface area (Å²) in [5.41, 5.74) is 1.98. The summed E-state index contributed by atoms with van der Waals surface area (Å²) in [4.78, 5) is 29.3. The van der Waals surface area contributed by atoms with Crippen molar-refractivity contribution in [2.75, 3.05) is 20.1 Å². The standard InChI is InChI=1S/C20H28N2O3/c1-13-19(15-7-3-4-8-17(15)25-13)20(24)22-11-10-16-14(12-22)6-5-9-18(23)21(16)2/h14,16H,3-12H2,1-2H3/t14-,16+/m0/s1. The average molecular weight is 344 g/mol. The molecule has 3 heterocycles. The molecule has 5 heteroatoms. The lowest BCUT2D eigenvalue weighted by atomic mass is 9.87. The minimum absolute atomic E-state index is 0.140. The van der Waals surface area contributed by atoms with Crippen LogP contribution in [0.4, 0.5) is 0 Å². The molecule has 0 saturated carbocycles. The van der Waals surface area contributed by atoms with Crippen LogP contribution in [0.5, 0.6) is 0 Å². The van der Waals surface area contributed by atoms with Crippen LogP contribution in [0.1, 0.15) is 66.0 Å². The molecule has 2 amide bonds. The van der Waals surface area contributed by atoms with Crippen molar-refractivity contribution in [2.24, 2.45) is 5.92 Å². The number of piperidine rings is 1. The summed E-state index contributed by atoms with van der Waals surface area (Å²) in [5.74, 6) is 2.61. The van der Waals surface area contributed by atoms with Crippen LogP contribution in [0, 0.1) is 12.8 Å². The molecule has 2 aliphatic heterocycles. The molecule has 1 aromatic heterocycles.